The summed E-state index contributed by atoms with van der Waals surface area (Å²) >= 11 is 0. The van der Waals surface area contributed by atoms with E-state index in [0.29, 0.717) is 23.3 Å². The first kappa shape index (κ1) is 14.8. The molecule has 0 aromatic heterocycles. The Balaban J connectivity index is 0.00000144. The van der Waals surface area contributed by atoms with Crippen molar-refractivity contribution in [2.45, 2.75) is 45.6 Å². The lowest BCUT2D eigenvalue weighted by molar-refractivity contribution is -0.134. The number of carbonyl (C=O) groups is 1. The minimum absolute atomic E-state index is 0. The van der Waals surface area contributed by atoms with Crippen molar-refractivity contribution in [2.75, 3.05) is 20.1 Å². The molecule has 2 rings (SSSR count). The zero-order chi connectivity index (χ0) is 11.8. The Morgan fingerprint density at radius 2 is 2.24 bits per heavy atom. The summed E-state index contributed by atoms with van der Waals surface area (Å²) in [6.45, 7) is 6.31. The molecule has 1 saturated carbocycles. The van der Waals surface area contributed by atoms with Crippen LogP contribution in [-0.2, 0) is 4.79 Å². The molecule has 100 valence electrons. The molecule has 1 aliphatic heterocycles. The third-order valence-electron chi connectivity index (χ3n) is 4.60. The van der Waals surface area contributed by atoms with Gasteiger partial charge in [0.15, 0.2) is 0 Å². The van der Waals surface area contributed by atoms with Crippen molar-refractivity contribution in [3.63, 3.8) is 0 Å². The van der Waals surface area contributed by atoms with E-state index in [1.165, 1.54) is 6.42 Å². The molecule has 2 fully saturated rings. The Labute approximate surface area is 111 Å². The maximum atomic E-state index is 12.3. The second-order valence-electron chi connectivity index (χ2n) is 5.68. The number of carbonyl (C=O) groups excluding carboxylic acids is 1. The fraction of sp³-hybridized carbons (Fsp3) is 0.923. The molecular weight excluding hydrogens is 236 g/mol. The molecule has 1 aliphatic carbocycles. The first-order valence-electron chi connectivity index (χ1n) is 6.57. The molecule has 3 nitrogen and oxygen atoms in total. The van der Waals surface area contributed by atoms with Crippen LogP contribution in [0.15, 0.2) is 0 Å². The molecule has 0 aromatic carbocycles. The van der Waals surface area contributed by atoms with Gasteiger partial charge in [-0.15, -0.1) is 12.4 Å². The van der Waals surface area contributed by atoms with Crippen LogP contribution in [0.2, 0.25) is 0 Å². The highest BCUT2D eigenvalue weighted by Crippen LogP contribution is 2.55. The second-order valence-corrected chi connectivity index (χ2v) is 5.68. The monoisotopic (exact) mass is 260 g/mol. The Hall–Kier alpha value is -0.280. The largest absolute Gasteiger partial charge is 0.341 e. The number of nitrogens with one attached hydrogen (secondary N) is 1. The average Bonchev–Trinajstić information content (AvgIpc) is 3.01. The molecule has 0 aromatic rings. The summed E-state index contributed by atoms with van der Waals surface area (Å²) in [4.78, 5) is 14.4. The minimum atomic E-state index is 0. The van der Waals surface area contributed by atoms with Crippen LogP contribution in [0.25, 0.3) is 0 Å². The third-order valence-corrected chi connectivity index (χ3v) is 4.60. The van der Waals surface area contributed by atoms with Gasteiger partial charge >= 0.3 is 0 Å². The van der Waals surface area contributed by atoms with Gasteiger partial charge in [-0.2, -0.15) is 0 Å². The van der Waals surface area contributed by atoms with Crippen LogP contribution in [0.3, 0.4) is 0 Å². The highest BCUT2D eigenvalue weighted by molar-refractivity contribution is 5.85. The van der Waals surface area contributed by atoms with E-state index in [1.54, 1.807) is 0 Å². The zero-order valence-electron chi connectivity index (χ0n) is 11.2. The Morgan fingerprint density at radius 1 is 1.53 bits per heavy atom. The SMILES string of the molecule is CCC1(C)CC1C(=O)N1CCCC(NC)C1.Cl. The molecule has 3 atom stereocenters. The van der Waals surface area contributed by atoms with E-state index in [4.69, 9.17) is 0 Å². The van der Waals surface area contributed by atoms with Crippen molar-refractivity contribution in [3.8, 4) is 0 Å². The number of nitrogens with zero attached hydrogens (tertiary/aromatic N) is 1. The Bertz CT molecular complexity index is 285. The van der Waals surface area contributed by atoms with E-state index in [2.05, 4.69) is 24.1 Å². The average molecular weight is 261 g/mol. The van der Waals surface area contributed by atoms with Crippen molar-refractivity contribution in [2.24, 2.45) is 11.3 Å². The van der Waals surface area contributed by atoms with Crippen LogP contribution in [0.1, 0.15) is 39.5 Å². The highest BCUT2D eigenvalue weighted by Gasteiger charge is 2.54. The fourth-order valence-corrected chi connectivity index (χ4v) is 2.82. The maximum Gasteiger partial charge on any atom is 0.226 e. The molecule has 1 saturated heterocycles. The van der Waals surface area contributed by atoms with Crippen molar-refractivity contribution < 1.29 is 4.79 Å². The summed E-state index contributed by atoms with van der Waals surface area (Å²) in [6, 6.07) is 0.504. The van der Waals surface area contributed by atoms with Crippen molar-refractivity contribution in [1.82, 2.24) is 10.2 Å². The first-order chi connectivity index (χ1) is 7.60. The Morgan fingerprint density at radius 3 is 2.76 bits per heavy atom. The van der Waals surface area contributed by atoms with Crippen molar-refractivity contribution in [3.05, 3.63) is 0 Å². The highest BCUT2D eigenvalue weighted by atomic mass is 35.5. The smallest absolute Gasteiger partial charge is 0.226 e. The summed E-state index contributed by atoms with van der Waals surface area (Å²) in [5, 5.41) is 3.29. The van der Waals surface area contributed by atoms with Crippen LogP contribution < -0.4 is 5.32 Å². The molecule has 1 heterocycles. The van der Waals surface area contributed by atoms with E-state index >= 15 is 0 Å². The first-order valence-corrected chi connectivity index (χ1v) is 6.57. The molecule has 17 heavy (non-hydrogen) atoms. The van der Waals surface area contributed by atoms with Gasteiger partial charge in [-0.1, -0.05) is 13.8 Å². The molecular formula is C13H25ClN2O. The molecule has 0 radical (unpaired) electrons. The predicted octanol–water partition coefficient (Wildman–Crippen LogP) is 2.05. The van der Waals surface area contributed by atoms with E-state index < -0.39 is 0 Å². The number of likely N-dealkylation sites (N-methyl/N-ethyl adjacent to an activating group) is 1. The van der Waals surface area contributed by atoms with Gasteiger partial charge in [0, 0.05) is 25.0 Å². The molecule has 4 heteroatoms. The summed E-state index contributed by atoms with van der Waals surface area (Å²) < 4.78 is 0. The van der Waals surface area contributed by atoms with Crippen LogP contribution >= 0.6 is 12.4 Å². The fourth-order valence-electron chi connectivity index (χ4n) is 2.82. The predicted molar refractivity (Wildman–Crippen MR) is 72.4 cm³/mol. The summed E-state index contributed by atoms with van der Waals surface area (Å²) in [6.07, 6.45) is 4.58. The molecule has 3 unspecified atom stereocenters. The number of halogens is 1. The third kappa shape index (κ3) is 2.94. The van der Waals surface area contributed by atoms with Crippen molar-refractivity contribution >= 4 is 18.3 Å². The lowest BCUT2D eigenvalue weighted by Crippen LogP contribution is -2.47. The number of amides is 1. The summed E-state index contributed by atoms with van der Waals surface area (Å²) in [5.41, 5.74) is 0.309. The van der Waals surface area contributed by atoms with Gasteiger partial charge in [0.05, 0.1) is 0 Å². The quantitative estimate of drug-likeness (QED) is 0.843. The molecule has 2 aliphatic rings. The Kier molecular flexibility index (Phi) is 4.85. The molecule has 0 bridgehead atoms. The van der Waals surface area contributed by atoms with E-state index in [0.717, 1.165) is 32.4 Å². The molecule has 1 N–H and O–H groups in total. The number of likely N-dealkylation sites (tertiary alicyclic amines) is 1. The van der Waals surface area contributed by atoms with E-state index in [1.807, 2.05) is 7.05 Å². The van der Waals surface area contributed by atoms with Gasteiger partial charge in [0.2, 0.25) is 5.91 Å². The lowest BCUT2D eigenvalue weighted by Gasteiger charge is -2.33. The van der Waals surface area contributed by atoms with Gasteiger partial charge in [-0.3, -0.25) is 4.79 Å². The topological polar surface area (TPSA) is 32.3 Å². The lowest BCUT2D eigenvalue weighted by atomic mass is 10.0. The van der Waals surface area contributed by atoms with Crippen LogP contribution in [-0.4, -0.2) is 37.0 Å². The second kappa shape index (κ2) is 5.57. The number of rotatable bonds is 3. The van der Waals surface area contributed by atoms with Crippen LogP contribution in [0.4, 0.5) is 0 Å². The molecule has 1 amide bonds. The van der Waals surface area contributed by atoms with Crippen LogP contribution in [0.5, 0.6) is 0 Å². The number of piperidine rings is 1. The summed E-state index contributed by atoms with van der Waals surface area (Å²) in [5.74, 6) is 0.720. The minimum Gasteiger partial charge on any atom is -0.341 e. The van der Waals surface area contributed by atoms with Gasteiger partial charge in [-0.05, 0) is 38.1 Å². The standard InChI is InChI=1S/C13H24N2O.ClH/c1-4-13(2)8-11(13)12(16)15-7-5-6-10(9-15)14-3;/h10-11,14H,4-9H2,1-3H3;1H. The van der Waals surface area contributed by atoms with Gasteiger partial charge in [0.25, 0.3) is 0 Å². The normalized spacial score (nSPS) is 36.3. The zero-order valence-corrected chi connectivity index (χ0v) is 12.0. The van der Waals surface area contributed by atoms with E-state index in [9.17, 15) is 4.79 Å². The van der Waals surface area contributed by atoms with Gasteiger partial charge < -0.3 is 10.2 Å². The molecule has 0 spiro atoms. The van der Waals surface area contributed by atoms with Crippen LogP contribution in [0, 0.1) is 11.3 Å². The number of hydrogen-bond acceptors (Lipinski definition) is 2. The number of hydrogen-bond donors (Lipinski definition) is 1. The maximum absolute atomic E-state index is 12.3. The van der Waals surface area contributed by atoms with Gasteiger partial charge in [0.1, 0.15) is 0 Å². The van der Waals surface area contributed by atoms with Gasteiger partial charge in [-0.25, -0.2) is 0 Å². The van der Waals surface area contributed by atoms with E-state index in [-0.39, 0.29) is 12.4 Å². The van der Waals surface area contributed by atoms with Crippen molar-refractivity contribution in [1.29, 1.82) is 0 Å². The summed E-state index contributed by atoms with van der Waals surface area (Å²) in [7, 11) is 1.99.